The summed E-state index contributed by atoms with van der Waals surface area (Å²) in [4.78, 5) is 0. The summed E-state index contributed by atoms with van der Waals surface area (Å²) in [6.45, 7) is 3.47. The minimum Gasteiger partial charge on any atom is -0.381 e. The van der Waals surface area contributed by atoms with Crippen molar-refractivity contribution in [3.05, 3.63) is 12.2 Å². The molecular weight excluding hydrogens is 142 g/mol. The SMILES string of the molecule is CCOCCc1nncn1C. The van der Waals surface area contributed by atoms with Gasteiger partial charge in [0, 0.05) is 20.1 Å². The van der Waals surface area contributed by atoms with Gasteiger partial charge in [0.2, 0.25) is 0 Å². The van der Waals surface area contributed by atoms with Gasteiger partial charge in [-0.2, -0.15) is 0 Å². The molecule has 0 atom stereocenters. The first-order chi connectivity index (χ1) is 5.34. The molecule has 62 valence electrons. The highest BCUT2D eigenvalue weighted by Gasteiger charge is 1.98. The molecule has 1 heterocycles. The molecule has 1 aromatic rings. The molecule has 0 aliphatic rings. The monoisotopic (exact) mass is 155 g/mol. The van der Waals surface area contributed by atoms with E-state index in [4.69, 9.17) is 4.74 Å². The van der Waals surface area contributed by atoms with E-state index in [2.05, 4.69) is 10.2 Å². The average molecular weight is 155 g/mol. The van der Waals surface area contributed by atoms with Gasteiger partial charge in [-0.15, -0.1) is 10.2 Å². The Labute approximate surface area is 66.2 Å². The van der Waals surface area contributed by atoms with E-state index in [9.17, 15) is 0 Å². The molecule has 0 bridgehead atoms. The highest BCUT2D eigenvalue weighted by molar-refractivity contribution is 4.83. The van der Waals surface area contributed by atoms with Gasteiger partial charge in [-0.1, -0.05) is 0 Å². The minimum absolute atomic E-state index is 0.725. The normalized spacial score (nSPS) is 10.4. The molecular formula is C7H13N3O. The molecule has 1 rings (SSSR count). The Hall–Kier alpha value is -0.900. The second-order valence-corrected chi connectivity index (χ2v) is 2.30. The number of nitrogens with zero attached hydrogens (tertiary/aromatic N) is 3. The van der Waals surface area contributed by atoms with E-state index in [1.165, 1.54) is 0 Å². The maximum absolute atomic E-state index is 5.18. The van der Waals surface area contributed by atoms with Crippen LogP contribution in [0, 0.1) is 0 Å². The maximum Gasteiger partial charge on any atom is 0.134 e. The lowest BCUT2D eigenvalue weighted by molar-refractivity contribution is 0.149. The van der Waals surface area contributed by atoms with Crippen molar-refractivity contribution in [1.82, 2.24) is 14.8 Å². The fourth-order valence-corrected chi connectivity index (χ4v) is 0.841. The Morgan fingerprint density at radius 3 is 3.00 bits per heavy atom. The number of aryl methyl sites for hydroxylation is 1. The van der Waals surface area contributed by atoms with Crippen molar-refractivity contribution in [2.75, 3.05) is 13.2 Å². The first kappa shape index (κ1) is 8.20. The average Bonchev–Trinajstić information content (AvgIpc) is 2.37. The van der Waals surface area contributed by atoms with Crippen molar-refractivity contribution in [1.29, 1.82) is 0 Å². The van der Waals surface area contributed by atoms with Gasteiger partial charge in [0.1, 0.15) is 12.2 Å². The Morgan fingerprint density at radius 2 is 2.45 bits per heavy atom. The van der Waals surface area contributed by atoms with Gasteiger partial charge in [0.15, 0.2) is 0 Å². The summed E-state index contributed by atoms with van der Waals surface area (Å²) in [6, 6.07) is 0. The molecule has 0 radical (unpaired) electrons. The molecule has 0 aliphatic heterocycles. The van der Waals surface area contributed by atoms with Crippen LogP contribution in [-0.4, -0.2) is 28.0 Å². The van der Waals surface area contributed by atoms with Gasteiger partial charge >= 0.3 is 0 Å². The summed E-state index contributed by atoms with van der Waals surface area (Å²) in [5.41, 5.74) is 0. The molecule has 0 saturated carbocycles. The van der Waals surface area contributed by atoms with E-state index in [1.807, 2.05) is 18.5 Å². The zero-order valence-corrected chi connectivity index (χ0v) is 6.95. The van der Waals surface area contributed by atoms with Crippen LogP contribution in [0.3, 0.4) is 0 Å². The molecule has 4 heteroatoms. The molecule has 0 saturated heterocycles. The quantitative estimate of drug-likeness (QED) is 0.591. The van der Waals surface area contributed by atoms with Crippen LogP contribution in [0.2, 0.25) is 0 Å². The molecule has 1 aromatic heterocycles. The van der Waals surface area contributed by atoms with Crippen LogP contribution in [0.1, 0.15) is 12.7 Å². The fourth-order valence-electron chi connectivity index (χ4n) is 0.841. The first-order valence-corrected chi connectivity index (χ1v) is 3.75. The van der Waals surface area contributed by atoms with Gasteiger partial charge < -0.3 is 9.30 Å². The minimum atomic E-state index is 0.725. The summed E-state index contributed by atoms with van der Waals surface area (Å²) in [6.07, 6.45) is 2.53. The largest absolute Gasteiger partial charge is 0.381 e. The second kappa shape index (κ2) is 4.08. The summed E-state index contributed by atoms with van der Waals surface area (Å²) in [7, 11) is 1.93. The summed E-state index contributed by atoms with van der Waals surface area (Å²) in [5, 5.41) is 7.68. The maximum atomic E-state index is 5.18. The third-order valence-electron chi connectivity index (χ3n) is 1.48. The number of rotatable bonds is 4. The lowest BCUT2D eigenvalue weighted by Gasteiger charge is -1.99. The van der Waals surface area contributed by atoms with Gasteiger partial charge in [-0.3, -0.25) is 0 Å². The van der Waals surface area contributed by atoms with Crippen molar-refractivity contribution in [2.24, 2.45) is 7.05 Å². The van der Waals surface area contributed by atoms with Gasteiger partial charge in [-0.25, -0.2) is 0 Å². The van der Waals surface area contributed by atoms with Crippen LogP contribution >= 0.6 is 0 Å². The molecule has 0 aliphatic carbocycles. The van der Waals surface area contributed by atoms with Crippen molar-refractivity contribution >= 4 is 0 Å². The lowest BCUT2D eigenvalue weighted by atomic mass is 10.4. The van der Waals surface area contributed by atoms with Crippen molar-refractivity contribution in [3.8, 4) is 0 Å². The van der Waals surface area contributed by atoms with E-state index >= 15 is 0 Å². The van der Waals surface area contributed by atoms with E-state index in [0.29, 0.717) is 0 Å². The Morgan fingerprint density at radius 1 is 1.64 bits per heavy atom. The molecule has 0 amide bonds. The van der Waals surface area contributed by atoms with Crippen molar-refractivity contribution in [3.63, 3.8) is 0 Å². The van der Waals surface area contributed by atoms with E-state index in [-0.39, 0.29) is 0 Å². The number of hydrogen-bond donors (Lipinski definition) is 0. The van der Waals surface area contributed by atoms with Crippen LogP contribution in [0.4, 0.5) is 0 Å². The van der Waals surface area contributed by atoms with Gasteiger partial charge in [0.25, 0.3) is 0 Å². The first-order valence-electron chi connectivity index (χ1n) is 3.75. The molecule has 11 heavy (non-hydrogen) atoms. The lowest BCUT2D eigenvalue weighted by Crippen LogP contribution is -2.03. The van der Waals surface area contributed by atoms with Crippen LogP contribution < -0.4 is 0 Å². The van der Waals surface area contributed by atoms with Gasteiger partial charge in [-0.05, 0) is 6.92 Å². The predicted molar refractivity (Wildman–Crippen MR) is 41.2 cm³/mol. The number of aromatic nitrogens is 3. The Balaban J connectivity index is 2.32. The Kier molecular flexibility index (Phi) is 3.04. The fraction of sp³-hybridized carbons (Fsp3) is 0.714. The predicted octanol–water partition coefficient (Wildman–Crippen LogP) is 0.394. The van der Waals surface area contributed by atoms with Crippen LogP contribution in [0.5, 0.6) is 0 Å². The number of ether oxygens (including phenoxy) is 1. The molecule has 0 aromatic carbocycles. The summed E-state index contributed by atoms with van der Waals surface area (Å²) < 4.78 is 7.08. The van der Waals surface area contributed by atoms with Crippen molar-refractivity contribution < 1.29 is 4.74 Å². The molecule has 0 spiro atoms. The third kappa shape index (κ3) is 2.31. The van der Waals surface area contributed by atoms with E-state index < -0.39 is 0 Å². The molecule has 4 nitrogen and oxygen atoms in total. The highest BCUT2D eigenvalue weighted by Crippen LogP contribution is 1.92. The van der Waals surface area contributed by atoms with Crippen molar-refractivity contribution in [2.45, 2.75) is 13.3 Å². The van der Waals surface area contributed by atoms with Crippen LogP contribution in [0.25, 0.3) is 0 Å². The smallest absolute Gasteiger partial charge is 0.134 e. The van der Waals surface area contributed by atoms with Gasteiger partial charge in [0.05, 0.1) is 6.61 Å². The third-order valence-corrected chi connectivity index (χ3v) is 1.48. The van der Waals surface area contributed by atoms with E-state index in [1.54, 1.807) is 6.33 Å². The Bertz CT molecular complexity index is 209. The van der Waals surface area contributed by atoms with Crippen LogP contribution in [-0.2, 0) is 18.2 Å². The highest BCUT2D eigenvalue weighted by atomic mass is 16.5. The zero-order chi connectivity index (χ0) is 8.10. The molecule has 0 unspecified atom stereocenters. The summed E-state index contributed by atoms with van der Waals surface area (Å²) in [5.74, 6) is 0.971. The number of hydrogen-bond acceptors (Lipinski definition) is 3. The summed E-state index contributed by atoms with van der Waals surface area (Å²) >= 11 is 0. The van der Waals surface area contributed by atoms with E-state index in [0.717, 1.165) is 25.5 Å². The molecule has 0 N–H and O–H groups in total. The van der Waals surface area contributed by atoms with Crippen LogP contribution in [0.15, 0.2) is 6.33 Å². The topological polar surface area (TPSA) is 39.9 Å². The standard InChI is InChI=1S/C7H13N3O/c1-3-11-5-4-7-9-8-6-10(7)2/h6H,3-5H2,1-2H3. The zero-order valence-electron chi connectivity index (χ0n) is 6.95. The second-order valence-electron chi connectivity index (χ2n) is 2.30. The molecule has 0 fully saturated rings.